The smallest absolute Gasteiger partial charge is 0.0153 e. The summed E-state index contributed by atoms with van der Waals surface area (Å²) in [6, 6.07) is 0. The normalized spacial score (nSPS) is 21.4. The zero-order chi connectivity index (χ0) is 13.1. The lowest BCUT2D eigenvalue weighted by Crippen LogP contribution is -2.47. The van der Waals surface area contributed by atoms with Gasteiger partial charge in [0, 0.05) is 18.6 Å². The maximum atomic E-state index is 3.60. The third-order valence-corrected chi connectivity index (χ3v) is 3.85. The third-order valence-electron chi connectivity index (χ3n) is 3.85. The highest BCUT2D eigenvalue weighted by Gasteiger charge is 2.35. The number of rotatable bonds is 6. The summed E-state index contributed by atoms with van der Waals surface area (Å²) in [4.78, 5) is 2.67. The van der Waals surface area contributed by atoms with Gasteiger partial charge in [-0.25, -0.2) is 0 Å². The molecule has 0 spiro atoms. The molecule has 1 fully saturated rings. The quantitative estimate of drug-likeness (QED) is 0.767. The minimum atomic E-state index is 0.372. The monoisotopic (exact) mass is 240 g/mol. The second-order valence-electron chi connectivity index (χ2n) is 7.53. The number of hydrogen-bond acceptors (Lipinski definition) is 2. The van der Waals surface area contributed by atoms with Crippen LogP contribution < -0.4 is 5.32 Å². The Morgan fingerprint density at radius 3 is 2.41 bits per heavy atom. The maximum Gasteiger partial charge on any atom is 0.0153 e. The highest BCUT2D eigenvalue weighted by Crippen LogP contribution is 2.31. The molecular weight excluding hydrogens is 208 g/mol. The first-order valence-corrected chi connectivity index (χ1v) is 7.19. The molecule has 0 aromatic rings. The van der Waals surface area contributed by atoms with Crippen LogP contribution in [0.15, 0.2) is 0 Å². The molecule has 2 heteroatoms. The first-order valence-electron chi connectivity index (χ1n) is 7.19. The first-order chi connectivity index (χ1) is 7.73. The molecule has 0 aromatic carbocycles. The molecular formula is C15H32N2. The predicted octanol–water partition coefficient (Wildman–Crippen LogP) is 3.13. The molecule has 1 N–H and O–H groups in total. The number of likely N-dealkylation sites (tertiary alicyclic amines) is 1. The van der Waals surface area contributed by atoms with Gasteiger partial charge in [-0.1, -0.05) is 27.7 Å². The summed E-state index contributed by atoms with van der Waals surface area (Å²) in [5, 5.41) is 3.60. The van der Waals surface area contributed by atoms with Crippen molar-refractivity contribution in [2.24, 2.45) is 11.3 Å². The standard InChI is InChI=1S/C15H32N2/c1-13(2)10-16-11-14(3,4)12-17-9-7-8-15(17,5)6/h13,16H,7-12H2,1-6H3. The fraction of sp³-hybridized carbons (Fsp3) is 1.00. The fourth-order valence-electron chi connectivity index (χ4n) is 2.73. The van der Waals surface area contributed by atoms with Crippen LogP contribution in [-0.4, -0.2) is 36.6 Å². The van der Waals surface area contributed by atoms with Gasteiger partial charge in [-0.2, -0.15) is 0 Å². The van der Waals surface area contributed by atoms with E-state index in [1.807, 2.05) is 0 Å². The highest BCUT2D eigenvalue weighted by atomic mass is 15.2. The highest BCUT2D eigenvalue weighted by molar-refractivity contribution is 4.91. The van der Waals surface area contributed by atoms with Crippen LogP contribution in [0.4, 0.5) is 0 Å². The molecule has 0 unspecified atom stereocenters. The molecule has 1 saturated heterocycles. The van der Waals surface area contributed by atoms with Crippen LogP contribution >= 0.6 is 0 Å². The topological polar surface area (TPSA) is 15.3 Å². The van der Waals surface area contributed by atoms with Crippen molar-refractivity contribution in [2.75, 3.05) is 26.2 Å². The van der Waals surface area contributed by atoms with Crippen molar-refractivity contribution in [1.82, 2.24) is 10.2 Å². The number of nitrogens with one attached hydrogen (secondary N) is 1. The lowest BCUT2D eigenvalue weighted by atomic mass is 9.90. The van der Waals surface area contributed by atoms with E-state index in [1.165, 1.54) is 25.9 Å². The summed E-state index contributed by atoms with van der Waals surface area (Å²) in [6.45, 7) is 18.8. The van der Waals surface area contributed by atoms with E-state index in [0.717, 1.165) is 19.0 Å². The molecule has 1 aliphatic rings. The Morgan fingerprint density at radius 2 is 1.94 bits per heavy atom. The van der Waals surface area contributed by atoms with E-state index in [0.29, 0.717) is 11.0 Å². The molecule has 0 aromatic heterocycles. The van der Waals surface area contributed by atoms with Gasteiger partial charge in [0.25, 0.3) is 0 Å². The summed E-state index contributed by atoms with van der Waals surface area (Å²) in [5.74, 6) is 0.744. The zero-order valence-corrected chi connectivity index (χ0v) is 12.8. The number of hydrogen-bond donors (Lipinski definition) is 1. The van der Waals surface area contributed by atoms with Crippen molar-refractivity contribution in [3.8, 4) is 0 Å². The maximum absolute atomic E-state index is 3.60. The van der Waals surface area contributed by atoms with E-state index in [2.05, 4.69) is 51.8 Å². The summed E-state index contributed by atoms with van der Waals surface area (Å²) in [6.07, 6.45) is 2.71. The van der Waals surface area contributed by atoms with Crippen molar-refractivity contribution in [1.29, 1.82) is 0 Å². The van der Waals surface area contributed by atoms with Crippen LogP contribution in [0.2, 0.25) is 0 Å². The Morgan fingerprint density at radius 1 is 1.29 bits per heavy atom. The van der Waals surface area contributed by atoms with Gasteiger partial charge in [0.2, 0.25) is 0 Å². The Balaban J connectivity index is 2.38. The molecule has 0 aliphatic carbocycles. The predicted molar refractivity (Wildman–Crippen MR) is 76.4 cm³/mol. The van der Waals surface area contributed by atoms with E-state index in [4.69, 9.17) is 0 Å². The van der Waals surface area contributed by atoms with Gasteiger partial charge in [-0.3, -0.25) is 4.90 Å². The molecule has 0 bridgehead atoms. The lowest BCUT2D eigenvalue weighted by Gasteiger charge is -2.38. The fourth-order valence-corrected chi connectivity index (χ4v) is 2.73. The van der Waals surface area contributed by atoms with Crippen LogP contribution in [0, 0.1) is 11.3 Å². The Kier molecular flexibility index (Phi) is 5.03. The van der Waals surface area contributed by atoms with Gasteiger partial charge in [-0.05, 0) is 51.1 Å². The van der Waals surface area contributed by atoms with Gasteiger partial charge in [0.15, 0.2) is 0 Å². The average Bonchev–Trinajstić information content (AvgIpc) is 2.44. The van der Waals surface area contributed by atoms with Crippen molar-refractivity contribution in [2.45, 2.75) is 59.9 Å². The molecule has 1 heterocycles. The molecule has 0 amide bonds. The Labute approximate surface area is 108 Å². The van der Waals surface area contributed by atoms with Crippen LogP contribution in [0.3, 0.4) is 0 Å². The van der Waals surface area contributed by atoms with Gasteiger partial charge in [-0.15, -0.1) is 0 Å². The molecule has 1 rings (SSSR count). The second kappa shape index (κ2) is 5.71. The van der Waals surface area contributed by atoms with E-state index >= 15 is 0 Å². The zero-order valence-electron chi connectivity index (χ0n) is 12.8. The van der Waals surface area contributed by atoms with Gasteiger partial charge in [0.05, 0.1) is 0 Å². The van der Waals surface area contributed by atoms with Crippen molar-refractivity contribution in [3.63, 3.8) is 0 Å². The van der Waals surface area contributed by atoms with Crippen LogP contribution in [-0.2, 0) is 0 Å². The Bertz CT molecular complexity index is 231. The number of nitrogens with zero attached hydrogens (tertiary/aromatic N) is 1. The molecule has 1 aliphatic heterocycles. The first kappa shape index (κ1) is 15.0. The van der Waals surface area contributed by atoms with E-state index < -0.39 is 0 Å². The van der Waals surface area contributed by atoms with Gasteiger partial charge < -0.3 is 5.32 Å². The summed E-state index contributed by atoms with van der Waals surface area (Å²) >= 11 is 0. The van der Waals surface area contributed by atoms with Gasteiger partial charge in [0.1, 0.15) is 0 Å². The van der Waals surface area contributed by atoms with Crippen LogP contribution in [0.5, 0.6) is 0 Å². The van der Waals surface area contributed by atoms with E-state index in [9.17, 15) is 0 Å². The van der Waals surface area contributed by atoms with Crippen molar-refractivity contribution < 1.29 is 0 Å². The molecule has 102 valence electrons. The second-order valence-corrected chi connectivity index (χ2v) is 7.53. The SMILES string of the molecule is CC(C)CNCC(C)(C)CN1CCCC1(C)C. The largest absolute Gasteiger partial charge is 0.316 e. The molecule has 0 atom stereocenters. The molecule has 0 radical (unpaired) electrons. The van der Waals surface area contributed by atoms with Crippen LogP contribution in [0.1, 0.15) is 54.4 Å². The average molecular weight is 240 g/mol. The lowest BCUT2D eigenvalue weighted by molar-refractivity contribution is 0.112. The molecule has 17 heavy (non-hydrogen) atoms. The minimum absolute atomic E-state index is 0.372. The van der Waals surface area contributed by atoms with Crippen LogP contribution in [0.25, 0.3) is 0 Å². The minimum Gasteiger partial charge on any atom is -0.316 e. The van der Waals surface area contributed by atoms with Crippen molar-refractivity contribution in [3.05, 3.63) is 0 Å². The Hall–Kier alpha value is -0.0800. The summed E-state index contributed by atoms with van der Waals surface area (Å²) in [7, 11) is 0. The summed E-state index contributed by atoms with van der Waals surface area (Å²) < 4.78 is 0. The third kappa shape index (κ3) is 4.97. The van der Waals surface area contributed by atoms with Gasteiger partial charge >= 0.3 is 0 Å². The van der Waals surface area contributed by atoms with E-state index in [1.54, 1.807) is 0 Å². The summed E-state index contributed by atoms with van der Waals surface area (Å²) in [5.41, 5.74) is 0.784. The van der Waals surface area contributed by atoms with Crippen molar-refractivity contribution >= 4 is 0 Å². The molecule has 0 saturated carbocycles. The molecule has 2 nitrogen and oxygen atoms in total. The van der Waals surface area contributed by atoms with E-state index in [-0.39, 0.29) is 0 Å².